The second-order valence-corrected chi connectivity index (χ2v) is 7.04. The van der Waals surface area contributed by atoms with Crippen LogP contribution in [0.1, 0.15) is 59.3 Å². The molecular weight excluding hydrogens is 248 g/mol. The zero-order chi connectivity index (χ0) is 14.4. The lowest BCUT2D eigenvalue weighted by molar-refractivity contribution is 0.0158. The Hall–Kier alpha value is -0.120. The smallest absolute Gasteiger partial charge is 0.0707 e. The topological polar surface area (TPSA) is 24.5 Å². The van der Waals surface area contributed by atoms with Gasteiger partial charge in [0.25, 0.3) is 0 Å². The molecule has 2 fully saturated rings. The van der Waals surface area contributed by atoms with Crippen LogP contribution in [-0.4, -0.2) is 49.3 Å². The molecule has 2 aliphatic rings. The maximum Gasteiger partial charge on any atom is 0.0707 e. The molecule has 1 aliphatic carbocycles. The van der Waals surface area contributed by atoms with Crippen LogP contribution in [0.15, 0.2) is 0 Å². The molecule has 20 heavy (non-hydrogen) atoms. The molecule has 2 unspecified atom stereocenters. The van der Waals surface area contributed by atoms with Crippen LogP contribution >= 0.6 is 0 Å². The maximum absolute atomic E-state index is 6.23. The summed E-state index contributed by atoms with van der Waals surface area (Å²) in [5.74, 6) is 0.727. The van der Waals surface area contributed by atoms with Gasteiger partial charge >= 0.3 is 0 Å². The van der Waals surface area contributed by atoms with Crippen LogP contribution in [0.4, 0.5) is 0 Å². The van der Waals surface area contributed by atoms with Crippen LogP contribution in [0, 0.1) is 5.92 Å². The van der Waals surface area contributed by atoms with Gasteiger partial charge in [-0.2, -0.15) is 0 Å². The van der Waals surface area contributed by atoms with Crippen molar-refractivity contribution in [2.45, 2.75) is 77.5 Å². The van der Waals surface area contributed by atoms with E-state index in [0.29, 0.717) is 12.2 Å². The van der Waals surface area contributed by atoms with Crippen LogP contribution in [-0.2, 0) is 4.74 Å². The highest BCUT2D eigenvalue weighted by Crippen LogP contribution is 2.26. The summed E-state index contributed by atoms with van der Waals surface area (Å²) < 4.78 is 6.23. The molecule has 0 bridgehead atoms. The predicted molar refractivity (Wildman–Crippen MR) is 85.1 cm³/mol. The lowest BCUT2D eigenvalue weighted by Gasteiger charge is -2.30. The summed E-state index contributed by atoms with van der Waals surface area (Å²) in [5.41, 5.74) is 0. The molecule has 0 aromatic heterocycles. The third kappa shape index (κ3) is 5.01. The number of likely N-dealkylation sites (N-methyl/N-ethyl adjacent to an activating group) is 1. The molecule has 1 heterocycles. The summed E-state index contributed by atoms with van der Waals surface area (Å²) in [6, 6.07) is 0.835. The van der Waals surface area contributed by atoms with Crippen LogP contribution < -0.4 is 5.32 Å². The molecule has 0 amide bonds. The first kappa shape index (κ1) is 16.3. The molecule has 0 aromatic rings. The monoisotopic (exact) mass is 282 g/mol. The Morgan fingerprint density at radius 1 is 1.10 bits per heavy atom. The Morgan fingerprint density at radius 2 is 1.80 bits per heavy atom. The van der Waals surface area contributed by atoms with Crippen LogP contribution in [0.3, 0.4) is 0 Å². The summed E-state index contributed by atoms with van der Waals surface area (Å²) in [4.78, 5) is 2.67. The average Bonchev–Trinajstić information content (AvgIpc) is 3.06. The van der Waals surface area contributed by atoms with E-state index in [-0.39, 0.29) is 0 Å². The number of hydrogen-bond acceptors (Lipinski definition) is 3. The van der Waals surface area contributed by atoms with Crippen molar-refractivity contribution in [3.8, 4) is 0 Å². The first-order chi connectivity index (χ1) is 9.69. The Kier molecular flexibility index (Phi) is 6.79. The Labute approximate surface area is 125 Å². The third-order valence-corrected chi connectivity index (χ3v) is 4.81. The minimum Gasteiger partial charge on any atom is -0.372 e. The molecular formula is C17H34N2O. The second-order valence-electron chi connectivity index (χ2n) is 7.04. The SMILES string of the molecule is CCN(CC1CCC(CNCC(C)C)O1)C1CCCC1. The van der Waals surface area contributed by atoms with E-state index in [1.807, 2.05) is 0 Å². The first-order valence-corrected chi connectivity index (χ1v) is 8.79. The van der Waals surface area contributed by atoms with Crippen molar-refractivity contribution in [1.29, 1.82) is 0 Å². The van der Waals surface area contributed by atoms with Crippen LogP contribution in [0.25, 0.3) is 0 Å². The largest absolute Gasteiger partial charge is 0.372 e. The van der Waals surface area contributed by atoms with Gasteiger partial charge in [-0.15, -0.1) is 0 Å². The minimum atomic E-state index is 0.445. The average molecular weight is 282 g/mol. The molecule has 1 saturated carbocycles. The summed E-state index contributed by atoms with van der Waals surface area (Å²) in [6.07, 6.45) is 9.06. The number of hydrogen-bond donors (Lipinski definition) is 1. The van der Waals surface area contributed by atoms with E-state index in [4.69, 9.17) is 4.74 Å². The van der Waals surface area contributed by atoms with Gasteiger partial charge < -0.3 is 10.1 Å². The van der Waals surface area contributed by atoms with Gasteiger partial charge in [-0.25, -0.2) is 0 Å². The van der Waals surface area contributed by atoms with Crippen LogP contribution in [0.5, 0.6) is 0 Å². The van der Waals surface area contributed by atoms with Gasteiger partial charge in [0.05, 0.1) is 12.2 Å². The van der Waals surface area contributed by atoms with E-state index in [9.17, 15) is 0 Å². The Bertz CT molecular complexity index is 264. The lowest BCUT2D eigenvalue weighted by atomic mass is 10.1. The van der Waals surface area contributed by atoms with Gasteiger partial charge in [-0.3, -0.25) is 4.90 Å². The van der Waals surface area contributed by atoms with E-state index in [1.165, 1.54) is 45.1 Å². The predicted octanol–water partition coefficient (Wildman–Crippen LogP) is 3.04. The molecule has 2 atom stereocenters. The highest BCUT2D eigenvalue weighted by molar-refractivity contribution is 4.82. The van der Waals surface area contributed by atoms with Crippen molar-refractivity contribution in [2.24, 2.45) is 5.92 Å². The molecule has 3 heteroatoms. The first-order valence-electron chi connectivity index (χ1n) is 8.79. The quantitative estimate of drug-likeness (QED) is 0.740. The third-order valence-electron chi connectivity index (χ3n) is 4.81. The van der Waals surface area contributed by atoms with Gasteiger partial charge in [-0.1, -0.05) is 33.6 Å². The zero-order valence-corrected chi connectivity index (χ0v) is 13.7. The molecule has 1 saturated heterocycles. The van der Waals surface area contributed by atoms with Crippen molar-refractivity contribution >= 4 is 0 Å². The van der Waals surface area contributed by atoms with E-state index < -0.39 is 0 Å². The molecule has 118 valence electrons. The molecule has 1 aliphatic heterocycles. The molecule has 1 N–H and O–H groups in total. The van der Waals surface area contributed by atoms with E-state index in [1.54, 1.807) is 0 Å². The number of nitrogens with one attached hydrogen (secondary N) is 1. The van der Waals surface area contributed by atoms with Gasteiger partial charge in [0.15, 0.2) is 0 Å². The van der Waals surface area contributed by atoms with Gasteiger partial charge in [0.2, 0.25) is 0 Å². The molecule has 2 rings (SSSR count). The zero-order valence-electron chi connectivity index (χ0n) is 13.7. The summed E-state index contributed by atoms with van der Waals surface area (Å²) >= 11 is 0. The maximum atomic E-state index is 6.23. The number of nitrogens with zero attached hydrogens (tertiary/aromatic N) is 1. The second kappa shape index (κ2) is 8.35. The van der Waals surface area contributed by atoms with Crippen molar-refractivity contribution < 1.29 is 4.74 Å². The van der Waals surface area contributed by atoms with Crippen molar-refractivity contribution in [3.63, 3.8) is 0 Å². The normalized spacial score (nSPS) is 28.1. The minimum absolute atomic E-state index is 0.445. The van der Waals surface area contributed by atoms with E-state index in [0.717, 1.165) is 31.6 Å². The fraction of sp³-hybridized carbons (Fsp3) is 1.00. The summed E-state index contributed by atoms with van der Waals surface area (Å²) in [7, 11) is 0. The van der Waals surface area contributed by atoms with Gasteiger partial charge in [-0.05, 0) is 44.7 Å². The fourth-order valence-electron chi connectivity index (χ4n) is 3.66. The van der Waals surface area contributed by atoms with Crippen LogP contribution in [0.2, 0.25) is 0 Å². The van der Waals surface area contributed by atoms with Gasteiger partial charge in [0.1, 0.15) is 0 Å². The van der Waals surface area contributed by atoms with E-state index >= 15 is 0 Å². The summed E-state index contributed by atoms with van der Waals surface area (Å²) in [5, 5.41) is 3.53. The van der Waals surface area contributed by atoms with Gasteiger partial charge in [0, 0.05) is 19.1 Å². The lowest BCUT2D eigenvalue weighted by Crippen LogP contribution is -2.39. The summed E-state index contributed by atoms with van der Waals surface area (Å²) in [6.45, 7) is 11.3. The highest BCUT2D eigenvalue weighted by Gasteiger charge is 2.29. The standard InChI is InChI=1S/C17H34N2O/c1-4-19(15-7-5-6-8-15)13-17-10-9-16(20-17)12-18-11-14(2)3/h14-18H,4-13H2,1-3H3. The Morgan fingerprint density at radius 3 is 2.45 bits per heavy atom. The van der Waals surface area contributed by atoms with E-state index in [2.05, 4.69) is 31.0 Å². The number of ether oxygens (including phenoxy) is 1. The van der Waals surface area contributed by atoms with Crippen molar-refractivity contribution in [1.82, 2.24) is 10.2 Å². The molecule has 0 spiro atoms. The number of rotatable bonds is 8. The molecule has 0 aromatic carbocycles. The van der Waals surface area contributed by atoms with Crippen molar-refractivity contribution in [3.05, 3.63) is 0 Å². The van der Waals surface area contributed by atoms with Crippen molar-refractivity contribution in [2.75, 3.05) is 26.2 Å². The highest BCUT2D eigenvalue weighted by atomic mass is 16.5. The molecule has 3 nitrogen and oxygen atoms in total. The molecule has 0 radical (unpaired) electrons. The Balaban J connectivity index is 1.66. The fourth-order valence-corrected chi connectivity index (χ4v) is 3.66.